The molecule has 0 aliphatic carbocycles. The van der Waals surface area contributed by atoms with Crippen LogP contribution in [0.15, 0.2) is 72.8 Å². The van der Waals surface area contributed by atoms with Crippen LogP contribution in [0.3, 0.4) is 0 Å². The molecule has 11 heteroatoms. The van der Waals surface area contributed by atoms with E-state index in [9.17, 15) is 14.7 Å². The number of halogens is 1. The van der Waals surface area contributed by atoms with Gasteiger partial charge in [-0.2, -0.15) is 4.98 Å². The van der Waals surface area contributed by atoms with E-state index in [1.807, 2.05) is 19.1 Å². The smallest absolute Gasteiger partial charge is 0.335 e. The fourth-order valence-electron chi connectivity index (χ4n) is 6.18. The maximum Gasteiger partial charge on any atom is 0.335 e. The van der Waals surface area contributed by atoms with Crippen LogP contribution >= 0.6 is 0 Å². The quantitative estimate of drug-likeness (QED) is 0.161. The molecule has 1 aromatic heterocycles. The van der Waals surface area contributed by atoms with Gasteiger partial charge in [0.2, 0.25) is 11.8 Å². The van der Waals surface area contributed by atoms with E-state index in [1.54, 1.807) is 42.5 Å². The fourth-order valence-corrected chi connectivity index (χ4v) is 6.18. The van der Waals surface area contributed by atoms with Crippen LogP contribution in [0.4, 0.5) is 10.2 Å². The molecule has 1 unspecified atom stereocenters. The number of amides is 1. The van der Waals surface area contributed by atoms with Gasteiger partial charge in [-0.1, -0.05) is 18.2 Å². The van der Waals surface area contributed by atoms with E-state index >= 15 is 4.39 Å². The predicted octanol–water partition coefficient (Wildman–Crippen LogP) is 6.72. The number of carbonyl (C=O) groups excluding carboxylic acids is 1. The van der Waals surface area contributed by atoms with Crippen LogP contribution in [-0.2, 0) is 21.5 Å². The van der Waals surface area contributed by atoms with Gasteiger partial charge in [-0.15, -0.1) is 0 Å². The number of pyridine rings is 1. The van der Waals surface area contributed by atoms with E-state index in [0.29, 0.717) is 60.5 Å². The minimum atomic E-state index is -1.05. The van der Waals surface area contributed by atoms with Crippen LogP contribution in [0, 0.1) is 5.82 Å². The number of rotatable bonds is 11. The molecular weight excluding hydrogens is 617 g/mol. The van der Waals surface area contributed by atoms with Crippen LogP contribution in [0.2, 0.25) is 0 Å². The average Bonchev–Trinajstić information content (AvgIpc) is 3.08. The zero-order valence-corrected chi connectivity index (χ0v) is 26.9. The zero-order chi connectivity index (χ0) is 33.7. The molecule has 1 amide bonds. The SMILES string of the molecule is COc1cccc(NC(=O)C[C@@]2(C)NCCc3cc(OCC4CCCCO4)c(Oc4ccc(-c5ccc(C(=O)O)cc5)c(F)c4)cc32)n1. The third kappa shape index (κ3) is 7.58. The van der Waals surface area contributed by atoms with E-state index in [2.05, 4.69) is 15.6 Å². The lowest BCUT2D eigenvalue weighted by Gasteiger charge is -2.37. The number of nitrogens with one attached hydrogen (secondary N) is 2. The number of aromatic carboxylic acids is 1. The number of hydrogen-bond acceptors (Lipinski definition) is 8. The number of carbonyl (C=O) groups is 2. The zero-order valence-electron chi connectivity index (χ0n) is 26.9. The molecule has 0 radical (unpaired) electrons. The summed E-state index contributed by atoms with van der Waals surface area (Å²) in [5.74, 6) is 0.117. The van der Waals surface area contributed by atoms with Gasteiger partial charge in [0.1, 0.15) is 24.0 Å². The largest absolute Gasteiger partial charge is 0.487 e. The van der Waals surface area contributed by atoms with Crippen molar-refractivity contribution in [1.29, 1.82) is 0 Å². The minimum Gasteiger partial charge on any atom is -0.487 e. The number of aromatic nitrogens is 1. The second-order valence-corrected chi connectivity index (χ2v) is 12.2. The Kier molecular flexibility index (Phi) is 9.88. The van der Waals surface area contributed by atoms with Gasteiger partial charge in [-0.25, -0.2) is 9.18 Å². The molecule has 2 aliphatic rings. The summed E-state index contributed by atoms with van der Waals surface area (Å²) in [6, 6.07) is 19.5. The molecule has 3 N–H and O–H groups in total. The predicted molar refractivity (Wildman–Crippen MR) is 177 cm³/mol. The van der Waals surface area contributed by atoms with Gasteiger partial charge in [0.05, 0.1) is 18.8 Å². The lowest BCUT2D eigenvalue weighted by molar-refractivity contribution is -0.117. The van der Waals surface area contributed by atoms with Crippen molar-refractivity contribution in [1.82, 2.24) is 10.3 Å². The molecule has 6 rings (SSSR count). The van der Waals surface area contributed by atoms with E-state index in [0.717, 1.165) is 30.4 Å². The summed E-state index contributed by atoms with van der Waals surface area (Å²) in [7, 11) is 1.52. The molecule has 250 valence electrons. The Morgan fingerprint density at radius 2 is 1.92 bits per heavy atom. The molecule has 0 saturated carbocycles. The van der Waals surface area contributed by atoms with Gasteiger partial charge in [-0.05, 0) is 91.8 Å². The molecule has 10 nitrogen and oxygen atoms in total. The fraction of sp³-hybridized carbons (Fsp3) is 0.324. The van der Waals surface area contributed by atoms with E-state index in [4.69, 9.17) is 18.9 Å². The molecule has 3 heterocycles. The van der Waals surface area contributed by atoms with Gasteiger partial charge < -0.3 is 34.7 Å². The summed E-state index contributed by atoms with van der Waals surface area (Å²) >= 11 is 0. The van der Waals surface area contributed by atoms with Crippen molar-refractivity contribution in [2.24, 2.45) is 0 Å². The highest BCUT2D eigenvalue weighted by Crippen LogP contribution is 2.42. The molecular formula is C37H38FN3O7. The summed E-state index contributed by atoms with van der Waals surface area (Å²) in [4.78, 5) is 28.8. The van der Waals surface area contributed by atoms with Gasteiger partial charge in [0, 0.05) is 42.8 Å². The van der Waals surface area contributed by atoms with Crippen molar-refractivity contribution in [2.45, 2.75) is 50.7 Å². The summed E-state index contributed by atoms with van der Waals surface area (Å²) in [5.41, 5.74) is 2.10. The molecule has 2 aliphatic heterocycles. The third-order valence-electron chi connectivity index (χ3n) is 8.70. The number of carboxylic acids is 1. The normalized spacial score (nSPS) is 18.8. The number of benzene rings is 3. The number of anilines is 1. The number of methoxy groups -OCH3 is 1. The number of carboxylic acid groups (broad SMARTS) is 1. The van der Waals surface area contributed by atoms with Gasteiger partial charge >= 0.3 is 5.97 Å². The topological polar surface area (TPSA) is 128 Å². The molecule has 3 aromatic carbocycles. The Morgan fingerprint density at radius 1 is 1.08 bits per heavy atom. The Bertz CT molecular complexity index is 1790. The second kappa shape index (κ2) is 14.4. The Hall–Kier alpha value is -5.00. The van der Waals surface area contributed by atoms with Crippen LogP contribution in [-0.4, -0.2) is 54.9 Å². The number of hydrogen-bond donors (Lipinski definition) is 3. The van der Waals surface area contributed by atoms with Gasteiger partial charge in [0.25, 0.3) is 0 Å². The number of fused-ring (bicyclic) bond motifs is 1. The molecule has 2 atom stereocenters. The Labute approximate surface area is 278 Å². The lowest BCUT2D eigenvalue weighted by atomic mass is 9.81. The van der Waals surface area contributed by atoms with Crippen molar-refractivity contribution in [2.75, 3.05) is 32.2 Å². The maximum atomic E-state index is 15.4. The molecule has 4 aromatic rings. The van der Waals surface area contributed by atoms with Gasteiger partial charge in [-0.3, -0.25) is 4.79 Å². The van der Waals surface area contributed by atoms with E-state index < -0.39 is 17.3 Å². The van der Waals surface area contributed by atoms with Gasteiger partial charge in [0.15, 0.2) is 11.5 Å². The van der Waals surface area contributed by atoms with Crippen LogP contribution in [0.25, 0.3) is 11.1 Å². The first kappa shape index (κ1) is 32.9. The molecule has 1 saturated heterocycles. The van der Waals surface area contributed by atoms with Crippen LogP contribution < -0.4 is 24.8 Å². The highest BCUT2D eigenvalue weighted by atomic mass is 19.1. The summed E-state index contributed by atoms with van der Waals surface area (Å²) in [5, 5.41) is 15.6. The minimum absolute atomic E-state index is 0.0345. The Morgan fingerprint density at radius 3 is 2.65 bits per heavy atom. The molecule has 48 heavy (non-hydrogen) atoms. The maximum absolute atomic E-state index is 15.4. The average molecular weight is 656 g/mol. The summed E-state index contributed by atoms with van der Waals surface area (Å²) in [6.07, 6.45) is 3.79. The van der Waals surface area contributed by atoms with Crippen molar-refractivity contribution in [3.63, 3.8) is 0 Å². The first-order valence-corrected chi connectivity index (χ1v) is 16.0. The van der Waals surface area contributed by atoms with E-state index in [-0.39, 0.29) is 29.7 Å². The highest BCUT2D eigenvalue weighted by molar-refractivity contribution is 5.91. The molecule has 0 spiro atoms. The van der Waals surface area contributed by atoms with Crippen LogP contribution in [0.1, 0.15) is 54.1 Å². The Balaban J connectivity index is 1.28. The lowest BCUT2D eigenvalue weighted by Crippen LogP contribution is -2.47. The highest BCUT2D eigenvalue weighted by Gasteiger charge is 2.35. The van der Waals surface area contributed by atoms with Crippen molar-refractivity contribution >= 4 is 17.7 Å². The number of ether oxygens (including phenoxy) is 4. The van der Waals surface area contributed by atoms with Crippen molar-refractivity contribution in [3.05, 3.63) is 95.3 Å². The van der Waals surface area contributed by atoms with E-state index in [1.165, 1.54) is 25.3 Å². The summed E-state index contributed by atoms with van der Waals surface area (Å²) in [6.45, 7) is 3.66. The second-order valence-electron chi connectivity index (χ2n) is 12.2. The van der Waals surface area contributed by atoms with Crippen LogP contribution in [0.5, 0.6) is 23.1 Å². The monoisotopic (exact) mass is 655 g/mol. The molecule has 1 fully saturated rings. The summed E-state index contributed by atoms with van der Waals surface area (Å²) < 4.78 is 39.1. The van der Waals surface area contributed by atoms with Crippen molar-refractivity contribution < 1.29 is 38.0 Å². The molecule has 0 bridgehead atoms. The standard InChI is InChI=1S/C37H38FN3O7/c1-37(21-34(42)40-33-7-5-8-35(41-33)45-2)29-20-32(31(18-25(29)15-16-39-37)47-22-27-6-3-4-17-46-27)48-26-13-14-28(30(38)19-26)23-9-11-24(12-10-23)36(43)44/h5,7-14,18-20,27,39H,3-4,6,15-17,21-22H2,1-2H3,(H,43,44)(H,40,41,42)/t27?,37-/m1/s1. The first-order chi connectivity index (χ1) is 23.2. The van der Waals surface area contributed by atoms with Crippen molar-refractivity contribution in [3.8, 4) is 34.3 Å². The first-order valence-electron chi connectivity index (χ1n) is 16.0. The third-order valence-corrected chi connectivity index (χ3v) is 8.70. The number of nitrogens with zero attached hydrogens (tertiary/aromatic N) is 1.